The van der Waals surface area contributed by atoms with Gasteiger partial charge < -0.3 is 19.7 Å². The molecule has 0 saturated carbocycles. The molecule has 0 aliphatic heterocycles. The minimum Gasteiger partial charge on any atom is -0.455 e. The summed E-state index contributed by atoms with van der Waals surface area (Å²) < 4.78 is 14.3. The van der Waals surface area contributed by atoms with Crippen molar-refractivity contribution >= 4 is 12.2 Å². The number of nitrogens with zero attached hydrogens (tertiary/aromatic N) is 2. The fourth-order valence-corrected chi connectivity index (χ4v) is 0.530. The number of ether oxygens (including phenoxy) is 3. The van der Waals surface area contributed by atoms with Gasteiger partial charge in [-0.2, -0.15) is 4.79 Å². The molecule has 13 heavy (non-hydrogen) atoms. The molecule has 0 aromatic rings. The molecular weight excluding hydrogens is 176 g/mol. The van der Waals surface area contributed by atoms with E-state index in [1.807, 2.05) is 0 Å². The van der Waals surface area contributed by atoms with E-state index in [0.29, 0.717) is 26.0 Å². The monoisotopic (exact) mass is 188 g/mol. The Morgan fingerprint density at radius 3 is 2.69 bits per heavy atom. The number of carbonyl (C=O) groups is 1. The van der Waals surface area contributed by atoms with E-state index in [4.69, 9.17) is 15.0 Å². The molecule has 74 valence electrons. The Kier molecular flexibility index (Phi) is 8.02. The van der Waals surface area contributed by atoms with E-state index in [9.17, 15) is 4.79 Å². The van der Waals surface area contributed by atoms with Crippen LogP contribution in [0.4, 0.5) is 0 Å². The molecule has 6 nitrogen and oxygen atoms in total. The number of carbonyl (C=O) groups excluding carboxylic acids is 1. The Bertz CT molecular complexity index is 189. The van der Waals surface area contributed by atoms with Crippen LogP contribution in [0.3, 0.4) is 0 Å². The second kappa shape index (κ2) is 8.86. The second-order valence-corrected chi connectivity index (χ2v) is 2.02. The van der Waals surface area contributed by atoms with E-state index < -0.39 is 5.97 Å². The van der Waals surface area contributed by atoms with Gasteiger partial charge in [0.15, 0.2) is 0 Å². The largest absolute Gasteiger partial charge is 0.455 e. The van der Waals surface area contributed by atoms with Gasteiger partial charge in [0, 0.05) is 7.11 Å². The molecule has 0 radical (unpaired) electrons. The zero-order chi connectivity index (χ0) is 9.94. The van der Waals surface area contributed by atoms with Crippen LogP contribution in [0.25, 0.3) is 5.53 Å². The average Bonchev–Trinajstić information content (AvgIpc) is 2.11. The van der Waals surface area contributed by atoms with Crippen LogP contribution in [-0.4, -0.2) is 50.5 Å². The molecule has 0 aliphatic carbocycles. The topological polar surface area (TPSA) is 81.2 Å². The van der Waals surface area contributed by atoms with Gasteiger partial charge in [-0.1, -0.05) is 0 Å². The smallest absolute Gasteiger partial charge is 0.413 e. The first-order chi connectivity index (χ1) is 6.31. The first kappa shape index (κ1) is 11.8. The van der Waals surface area contributed by atoms with Crippen molar-refractivity contribution in [2.24, 2.45) is 0 Å². The van der Waals surface area contributed by atoms with Crippen molar-refractivity contribution in [3.05, 3.63) is 5.53 Å². The maximum Gasteiger partial charge on any atom is 0.413 e. The maximum absolute atomic E-state index is 10.5. The van der Waals surface area contributed by atoms with Crippen molar-refractivity contribution in [3.63, 3.8) is 0 Å². The minimum atomic E-state index is -0.696. The first-order valence-electron chi connectivity index (χ1n) is 3.72. The Morgan fingerprint density at radius 2 is 2.08 bits per heavy atom. The Balaban J connectivity index is 3.16. The van der Waals surface area contributed by atoms with Crippen LogP contribution in [-0.2, 0) is 19.0 Å². The average molecular weight is 188 g/mol. The molecule has 0 unspecified atom stereocenters. The summed E-state index contributed by atoms with van der Waals surface area (Å²) in [6.07, 6.45) is 0.676. The van der Waals surface area contributed by atoms with Crippen LogP contribution in [0.15, 0.2) is 0 Å². The summed E-state index contributed by atoms with van der Waals surface area (Å²) >= 11 is 0. The predicted octanol–water partition coefficient (Wildman–Crippen LogP) is -0.507. The lowest BCUT2D eigenvalue weighted by Gasteiger charge is -2.02. The van der Waals surface area contributed by atoms with Crippen molar-refractivity contribution in [1.82, 2.24) is 0 Å². The van der Waals surface area contributed by atoms with Gasteiger partial charge in [-0.25, -0.2) is 4.79 Å². The highest BCUT2D eigenvalue weighted by atomic mass is 16.6. The molecule has 0 spiro atoms. The molecule has 6 heteroatoms. The van der Waals surface area contributed by atoms with Crippen molar-refractivity contribution in [2.45, 2.75) is 0 Å². The summed E-state index contributed by atoms with van der Waals surface area (Å²) in [5, 5.41) is 0. The van der Waals surface area contributed by atoms with E-state index in [-0.39, 0.29) is 6.61 Å². The van der Waals surface area contributed by atoms with Crippen molar-refractivity contribution in [3.8, 4) is 0 Å². The molecule has 0 amide bonds. The fourth-order valence-electron chi connectivity index (χ4n) is 0.530. The molecule has 0 heterocycles. The lowest BCUT2D eigenvalue weighted by atomic mass is 10.7. The van der Waals surface area contributed by atoms with Crippen molar-refractivity contribution in [2.75, 3.05) is 33.5 Å². The molecule has 0 aromatic heterocycles. The van der Waals surface area contributed by atoms with E-state index in [1.54, 1.807) is 7.11 Å². The lowest BCUT2D eigenvalue weighted by Crippen LogP contribution is -2.13. The first-order valence-corrected chi connectivity index (χ1v) is 3.72. The molecule has 0 saturated heterocycles. The van der Waals surface area contributed by atoms with E-state index in [2.05, 4.69) is 9.53 Å². The Labute approximate surface area is 76.0 Å². The van der Waals surface area contributed by atoms with Gasteiger partial charge in [0.1, 0.15) is 6.61 Å². The van der Waals surface area contributed by atoms with Crippen molar-refractivity contribution in [1.29, 1.82) is 0 Å². The van der Waals surface area contributed by atoms with Gasteiger partial charge in [-0.3, -0.25) is 0 Å². The Hall–Kier alpha value is -1.23. The summed E-state index contributed by atoms with van der Waals surface area (Å²) in [6, 6.07) is 0. The van der Waals surface area contributed by atoms with Crippen LogP contribution < -0.4 is 0 Å². The molecule has 0 aliphatic rings. The zero-order valence-corrected chi connectivity index (χ0v) is 7.43. The van der Waals surface area contributed by atoms with Crippen LogP contribution in [0.2, 0.25) is 0 Å². The fraction of sp³-hybridized carbons (Fsp3) is 0.714. The standard InChI is InChI=1S/C7H12N2O4/c1-11-2-3-12-4-5-13-7(10)6-9-8/h6H,2-5H2,1H3. The molecule has 0 rings (SSSR count). The summed E-state index contributed by atoms with van der Waals surface area (Å²) in [6.45, 7) is 1.40. The summed E-state index contributed by atoms with van der Waals surface area (Å²) in [4.78, 5) is 13.0. The van der Waals surface area contributed by atoms with Gasteiger partial charge in [0.25, 0.3) is 0 Å². The zero-order valence-electron chi connectivity index (χ0n) is 7.43. The van der Waals surface area contributed by atoms with E-state index >= 15 is 0 Å². The highest BCUT2D eigenvalue weighted by Crippen LogP contribution is 1.79. The Morgan fingerprint density at radius 1 is 1.38 bits per heavy atom. The summed E-state index contributed by atoms with van der Waals surface area (Å²) in [7, 11) is 1.57. The molecule has 0 aromatic carbocycles. The number of rotatable bonds is 7. The van der Waals surface area contributed by atoms with E-state index in [1.165, 1.54) is 0 Å². The molecular formula is C7H12N2O4. The summed E-state index contributed by atoms with van der Waals surface area (Å²) in [5.41, 5.74) is 7.93. The predicted molar refractivity (Wildman–Crippen MR) is 43.3 cm³/mol. The molecule has 0 bridgehead atoms. The highest BCUT2D eigenvalue weighted by molar-refractivity contribution is 6.20. The number of methoxy groups -OCH3 is 1. The number of hydrogen-bond acceptors (Lipinski definition) is 4. The third-order valence-corrected chi connectivity index (χ3v) is 1.07. The third kappa shape index (κ3) is 8.68. The van der Waals surface area contributed by atoms with E-state index in [0.717, 1.165) is 0 Å². The SMILES string of the molecule is COCCOCCOC(=O)C=[N+]=[N-]. The van der Waals surface area contributed by atoms with Gasteiger partial charge >= 0.3 is 12.2 Å². The molecule has 0 fully saturated rings. The van der Waals surface area contributed by atoms with Crippen LogP contribution in [0.5, 0.6) is 0 Å². The number of esters is 1. The van der Waals surface area contributed by atoms with Gasteiger partial charge in [0.05, 0.1) is 19.8 Å². The van der Waals surface area contributed by atoms with Crippen LogP contribution in [0.1, 0.15) is 0 Å². The molecule has 0 N–H and O–H groups in total. The lowest BCUT2D eigenvalue weighted by molar-refractivity contribution is -0.140. The quantitative estimate of drug-likeness (QED) is 0.177. The summed E-state index contributed by atoms with van der Waals surface area (Å²) in [5.74, 6) is -0.696. The van der Waals surface area contributed by atoms with Crippen molar-refractivity contribution < 1.29 is 23.8 Å². The highest BCUT2D eigenvalue weighted by Gasteiger charge is 2.01. The van der Waals surface area contributed by atoms with Gasteiger partial charge in [0.2, 0.25) is 0 Å². The van der Waals surface area contributed by atoms with Gasteiger partial charge in [-0.15, -0.1) is 0 Å². The second-order valence-electron chi connectivity index (χ2n) is 2.02. The normalized spacial score (nSPS) is 9.00. The van der Waals surface area contributed by atoms with Crippen LogP contribution >= 0.6 is 0 Å². The maximum atomic E-state index is 10.5. The van der Waals surface area contributed by atoms with Crippen LogP contribution in [0, 0.1) is 0 Å². The minimum absolute atomic E-state index is 0.133. The third-order valence-electron chi connectivity index (χ3n) is 1.07. The molecule has 0 atom stereocenters. The van der Waals surface area contributed by atoms with Gasteiger partial charge in [-0.05, 0) is 0 Å². The number of hydrogen-bond donors (Lipinski definition) is 0.